The number of rotatable bonds is 2. The van der Waals surface area contributed by atoms with E-state index in [1.54, 1.807) is 0 Å². The predicted molar refractivity (Wildman–Crippen MR) is 39.0 cm³/mol. The van der Waals surface area contributed by atoms with Crippen LogP contribution in [0.2, 0.25) is 0 Å². The highest BCUT2D eigenvalue weighted by Gasteiger charge is 2.19. The van der Waals surface area contributed by atoms with Crippen LogP contribution in [0.4, 0.5) is 13.2 Å². The lowest BCUT2D eigenvalue weighted by molar-refractivity contribution is 0.281. The number of hydrogen-bond donors (Lipinski definition) is 2. The molecule has 0 heterocycles. The summed E-state index contributed by atoms with van der Waals surface area (Å²) in [4.78, 5) is 16.5. The molecular weight excluding hydrogens is 224 g/mol. The number of halogens is 3. The van der Waals surface area contributed by atoms with Crippen molar-refractivity contribution >= 4 is 7.82 Å². The van der Waals surface area contributed by atoms with Crippen molar-refractivity contribution in [3.63, 3.8) is 0 Å². The predicted octanol–water partition coefficient (Wildman–Crippen LogP) is 1.58. The van der Waals surface area contributed by atoms with Gasteiger partial charge in [0.1, 0.15) is 5.75 Å². The minimum Gasteiger partial charge on any atom is -0.404 e. The van der Waals surface area contributed by atoms with E-state index in [-0.39, 0.29) is 0 Å². The van der Waals surface area contributed by atoms with Gasteiger partial charge in [0.05, 0.1) is 0 Å². The Kier molecular flexibility index (Phi) is 2.84. The van der Waals surface area contributed by atoms with E-state index in [0.717, 1.165) is 0 Å². The fourth-order valence-corrected chi connectivity index (χ4v) is 1.10. The molecule has 0 aliphatic carbocycles. The van der Waals surface area contributed by atoms with Crippen molar-refractivity contribution in [2.24, 2.45) is 0 Å². The molecule has 4 nitrogen and oxygen atoms in total. The van der Waals surface area contributed by atoms with Gasteiger partial charge in [0.15, 0.2) is 17.5 Å². The molecule has 14 heavy (non-hydrogen) atoms. The summed E-state index contributed by atoms with van der Waals surface area (Å²) in [6.45, 7) is 0. The Balaban J connectivity index is 3.08. The van der Waals surface area contributed by atoms with E-state index in [9.17, 15) is 17.7 Å². The van der Waals surface area contributed by atoms with Gasteiger partial charge < -0.3 is 4.52 Å². The standard InChI is InChI=1S/C6H4F3O4P/c7-4-1-3(13-14(10,11)12)2-5(8)6(4)9/h1-2H,(H2,10,11,12). The zero-order valence-electron chi connectivity index (χ0n) is 6.45. The van der Waals surface area contributed by atoms with E-state index < -0.39 is 31.0 Å². The molecule has 0 bridgehead atoms. The molecule has 0 unspecified atom stereocenters. The van der Waals surface area contributed by atoms with Crippen LogP contribution in [0.5, 0.6) is 5.75 Å². The lowest BCUT2D eigenvalue weighted by Gasteiger charge is -2.06. The molecule has 8 heteroatoms. The van der Waals surface area contributed by atoms with Gasteiger partial charge in [0.2, 0.25) is 0 Å². The minimum atomic E-state index is -4.90. The quantitative estimate of drug-likeness (QED) is 0.595. The van der Waals surface area contributed by atoms with Crippen molar-refractivity contribution in [1.29, 1.82) is 0 Å². The Morgan fingerprint density at radius 3 is 1.93 bits per heavy atom. The summed E-state index contributed by atoms with van der Waals surface area (Å²) in [6.07, 6.45) is 0. The smallest absolute Gasteiger partial charge is 0.404 e. The molecule has 1 rings (SSSR count). The van der Waals surface area contributed by atoms with Gasteiger partial charge in [-0.2, -0.15) is 0 Å². The van der Waals surface area contributed by atoms with E-state index >= 15 is 0 Å². The van der Waals surface area contributed by atoms with Crippen LogP contribution in [0, 0.1) is 17.5 Å². The van der Waals surface area contributed by atoms with Crippen LogP contribution in [-0.2, 0) is 4.57 Å². The van der Waals surface area contributed by atoms with Crippen molar-refractivity contribution in [3.05, 3.63) is 29.6 Å². The SMILES string of the molecule is O=P(O)(O)Oc1cc(F)c(F)c(F)c1. The summed E-state index contributed by atoms with van der Waals surface area (Å²) in [5.74, 6) is -5.69. The molecule has 0 radical (unpaired) electrons. The molecule has 78 valence electrons. The fourth-order valence-electron chi connectivity index (χ4n) is 0.722. The van der Waals surface area contributed by atoms with Crippen molar-refractivity contribution in [2.75, 3.05) is 0 Å². The average Bonchev–Trinajstić information content (AvgIpc) is 1.96. The second kappa shape index (κ2) is 3.61. The third-order valence-corrected chi connectivity index (χ3v) is 1.63. The first-order valence-electron chi connectivity index (χ1n) is 3.19. The van der Waals surface area contributed by atoms with Crippen molar-refractivity contribution in [1.82, 2.24) is 0 Å². The third-order valence-electron chi connectivity index (χ3n) is 1.18. The second-order valence-electron chi connectivity index (χ2n) is 2.28. The molecule has 0 saturated carbocycles. The molecule has 0 amide bonds. The van der Waals surface area contributed by atoms with Gasteiger partial charge in [-0.05, 0) is 0 Å². The van der Waals surface area contributed by atoms with E-state index in [4.69, 9.17) is 9.79 Å². The highest BCUT2D eigenvalue weighted by molar-refractivity contribution is 7.46. The van der Waals surface area contributed by atoms with Crippen LogP contribution < -0.4 is 4.52 Å². The number of benzene rings is 1. The van der Waals surface area contributed by atoms with Crippen LogP contribution in [-0.4, -0.2) is 9.79 Å². The van der Waals surface area contributed by atoms with E-state index in [1.165, 1.54) is 0 Å². The van der Waals surface area contributed by atoms with Gasteiger partial charge in [0, 0.05) is 12.1 Å². The van der Waals surface area contributed by atoms with Crippen molar-refractivity contribution < 1.29 is 32.0 Å². The Morgan fingerprint density at radius 2 is 1.57 bits per heavy atom. The molecule has 0 saturated heterocycles. The summed E-state index contributed by atoms with van der Waals surface area (Å²) in [5, 5.41) is 0. The minimum absolute atomic E-state index is 0.331. The maximum absolute atomic E-state index is 12.5. The van der Waals surface area contributed by atoms with E-state index in [1.807, 2.05) is 0 Å². The van der Waals surface area contributed by atoms with E-state index in [2.05, 4.69) is 4.52 Å². The summed E-state index contributed by atoms with van der Waals surface area (Å²) >= 11 is 0. The Hall–Kier alpha value is -1.04. The maximum Gasteiger partial charge on any atom is 0.524 e. The first kappa shape index (κ1) is 11.0. The first-order valence-corrected chi connectivity index (χ1v) is 4.72. The molecule has 2 N–H and O–H groups in total. The van der Waals surface area contributed by atoms with Crippen molar-refractivity contribution in [2.45, 2.75) is 0 Å². The van der Waals surface area contributed by atoms with Crippen LogP contribution in [0.25, 0.3) is 0 Å². The third kappa shape index (κ3) is 2.73. The Labute approximate surface area is 76.2 Å². The second-order valence-corrected chi connectivity index (χ2v) is 3.45. The number of phosphoric ester groups is 1. The highest BCUT2D eigenvalue weighted by atomic mass is 31.2. The highest BCUT2D eigenvalue weighted by Crippen LogP contribution is 2.38. The normalized spacial score (nSPS) is 11.5. The van der Waals surface area contributed by atoms with Gasteiger partial charge in [-0.1, -0.05) is 0 Å². The molecule has 1 aromatic rings. The zero-order chi connectivity index (χ0) is 10.9. The fraction of sp³-hybridized carbons (Fsp3) is 0. The number of hydrogen-bond acceptors (Lipinski definition) is 2. The molecule has 0 fully saturated rings. The van der Waals surface area contributed by atoms with Gasteiger partial charge >= 0.3 is 7.82 Å². The van der Waals surface area contributed by atoms with Crippen LogP contribution >= 0.6 is 7.82 Å². The molecule has 0 aromatic heterocycles. The van der Waals surface area contributed by atoms with Crippen molar-refractivity contribution in [3.8, 4) is 5.75 Å². The topological polar surface area (TPSA) is 66.8 Å². The summed E-state index contributed by atoms with van der Waals surface area (Å²) in [7, 11) is -4.90. The average molecular weight is 228 g/mol. The molecular formula is C6H4F3O4P. The summed E-state index contributed by atoms with van der Waals surface area (Å²) in [6, 6.07) is 0.662. The first-order chi connectivity index (χ1) is 6.29. The zero-order valence-corrected chi connectivity index (χ0v) is 7.34. The molecule has 1 aromatic carbocycles. The van der Waals surface area contributed by atoms with Crippen LogP contribution in [0.3, 0.4) is 0 Å². The van der Waals surface area contributed by atoms with Crippen LogP contribution in [0.15, 0.2) is 12.1 Å². The number of phosphoric acid groups is 1. The monoisotopic (exact) mass is 228 g/mol. The summed E-state index contributed by atoms with van der Waals surface area (Å²) < 4.78 is 51.4. The van der Waals surface area contributed by atoms with Gasteiger partial charge in [0.25, 0.3) is 0 Å². The Bertz CT molecular complexity index is 379. The van der Waals surface area contributed by atoms with Crippen LogP contribution in [0.1, 0.15) is 0 Å². The Morgan fingerprint density at radius 1 is 1.14 bits per heavy atom. The molecule has 0 atom stereocenters. The summed E-state index contributed by atoms with van der Waals surface area (Å²) in [5.41, 5.74) is 0. The van der Waals surface area contributed by atoms with Gasteiger partial charge in [-0.15, -0.1) is 0 Å². The lowest BCUT2D eigenvalue weighted by Crippen LogP contribution is -1.95. The molecule has 0 aliphatic heterocycles. The lowest BCUT2D eigenvalue weighted by atomic mass is 10.3. The van der Waals surface area contributed by atoms with Gasteiger partial charge in [-0.3, -0.25) is 9.79 Å². The molecule has 0 aliphatic rings. The van der Waals surface area contributed by atoms with Gasteiger partial charge in [-0.25, -0.2) is 17.7 Å². The largest absolute Gasteiger partial charge is 0.524 e. The maximum atomic E-state index is 12.5. The molecule has 0 spiro atoms. The van der Waals surface area contributed by atoms with E-state index in [0.29, 0.717) is 12.1 Å².